The van der Waals surface area contributed by atoms with Crippen LogP contribution in [0, 0.1) is 0 Å². The summed E-state index contributed by atoms with van der Waals surface area (Å²) in [6.45, 7) is 9.08. The van der Waals surface area contributed by atoms with E-state index in [1.54, 1.807) is 0 Å². The first-order valence-corrected chi connectivity index (χ1v) is 14.8. The topological polar surface area (TPSA) is 55.2 Å². The predicted octanol–water partition coefficient (Wildman–Crippen LogP) is 7.22. The van der Waals surface area contributed by atoms with Crippen molar-refractivity contribution in [2.24, 2.45) is 0 Å². The van der Waals surface area contributed by atoms with E-state index >= 15 is 0 Å². The molecule has 6 aromatic rings. The van der Waals surface area contributed by atoms with Crippen LogP contribution in [0.4, 0.5) is 5.69 Å². The number of pyridine rings is 1. The minimum Gasteiger partial charge on any atom is -0.439 e. The Labute approximate surface area is 252 Å². The fraction of sp³-hybridized carbons (Fsp3) is 0.167. The summed E-state index contributed by atoms with van der Waals surface area (Å²) < 4.78 is 8.44. The Kier molecular flexibility index (Phi) is 5.59. The summed E-state index contributed by atoms with van der Waals surface area (Å²) in [5.74, 6) is 1.27. The van der Waals surface area contributed by atoms with E-state index in [9.17, 15) is 0 Å². The molecule has 0 spiro atoms. The molecule has 43 heavy (non-hydrogen) atoms. The van der Waals surface area contributed by atoms with Crippen molar-refractivity contribution in [2.75, 3.05) is 4.81 Å². The number of anilines is 1. The van der Waals surface area contributed by atoms with Crippen molar-refractivity contribution in [3.8, 4) is 39.7 Å². The number of rotatable bonds is 4. The summed E-state index contributed by atoms with van der Waals surface area (Å²) in [6.07, 6.45) is 0. The number of fused-ring (bicyclic) bond motifs is 7. The van der Waals surface area contributed by atoms with Gasteiger partial charge in [0.15, 0.2) is 0 Å². The molecule has 1 N–H and O–H groups in total. The van der Waals surface area contributed by atoms with E-state index in [0.717, 1.165) is 39.0 Å². The molecule has 1 saturated heterocycles. The second-order valence-corrected chi connectivity index (χ2v) is 12.4. The summed E-state index contributed by atoms with van der Waals surface area (Å²) in [5, 5.41) is 10.0. The van der Waals surface area contributed by atoms with Crippen molar-refractivity contribution < 1.29 is 4.74 Å². The Morgan fingerprint density at radius 1 is 0.744 bits per heavy atom. The molecule has 0 amide bonds. The maximum atomic E-state index is 6.45. The molecular formula is C36H32BN5O. The predicted molar refractivity (Wildman–Crippen MR) is 175 cm³/mol. The Morgan fingerprint density at radius 3 is 2.37 bits per heavy atom. The van der Waals surface area contributed by atoms with Crippen molar-refractivity contribution in [3.05, 3.63) is 115 Å². The fourth-order valence-corrected chi connectivity index (χ4v) is 6.57. The van der Waals surface area contributed by atoms with Gasteiger partial charge < -0.3 is 14.8 Å². The van der Waals surface area contributed by atoms with Crippen LogP contribution < -0.4 is 20.4 Å². The molecule has 4 heterocycles. The van der Waals surface area contributed by atoms with Crippen LogP contribution in [-0.4, -0.2) is 32.8 Å². The molecule has 4 aromatic carbocycles. The van der Waals surface area contributed by atoms with E-state index in [4.69, 9.17) is 14.8 Å². The molecule has 7 heteroatoms. The standard InChI is InChI=1S/C36H32BN5O/c1-35(2)36(3,4)42-31-20-11-8-17-27(31)28-21-22-32(38-34(28)37(42)40-35)43-26-16-12-15-25(23-26)41-30-19-10-9-18-29(30)33(39-41)24-13-6-5-7-14-24/h5-23,40H,1-4H3. The monoisotopic (exact) mass is 561 g/mol. The molecule has 0 bridgehead atoms. The minimum atomic E-state index is -0.135. The number of para-hydroxylation sites is 2. The van der Waals surface area contributed by atoms with Crippen LogP contribution >= 0.6 is 0 Å². The highest BCUT2D eigenvalue weighted by Crippen LogP contribution is 2.45. The average molecular weight is 561 g/mol. The van der Waals surface area contributed by atoms with Crippen molar-refractivity contribution in [3.63, 3.8) is 0 Å². The van der Waals surface area contributed by atoms with E-state index in [1.807, 2.05) is 53.2 Å². The zero-order chi connectivity index (χ0) is 29.3. The van der Waals surface area contributed by atoms with Crippen LogP contribution in [0.1, 0.15) is 27.7 Å². The van der Waals surface area contributed by atoms with Gasteiger partial charge in [0.25, 0.3) is 0 Å². The third-order valence-electron chi connectivity index (χ3n) is 9.42. The van der Waals surface area contributed by atoms with Crippen LogP contribution in [0.15, 0.2) is 115 Å². The molecule has 1 fully saturated rings. The largest absolute Gasteiger partial charge is 0.439 e. The van der Waals surface area contributed by atoms with Crippen LogP contribution in [0.5, 0.6) is 11.6 Å². The Hall–Kier alpha value is -4.88. The van der Waals surface area contributed by atoms with Gasteiger partial charge in [-0.2, -0.15) is 5.10 Å². The van der Waals surface area contributed by atoms with Crippen molar-refractivity contribution in [1.82, 2.24) is 20.0 Å². The minimum absolute atomic E-state index is 0.0587. The van der Waals surface area contributed by atoms with Gasteiger partial charge in [-0.3, -0.25) is 0 Å². The fourth-order valence-electron chi connectivity index (χ4n) is 6.57. The lowest BCUT2D eigenvalue weighted by atomic mass is 9.64. The number of nitrogens with one attached hydrogen (secondary N) is 1. The van der Waals surface area contributed by atoms with Gasteiger partial charge in [0, 0.05) is 51.0 Å². The molecule has 0 atom stereocenters. The Bertz CT molecular complexity index is 2020. The van der Waals surface area contributed by atoms with Crippen LogP contribution in [0.3, 0.4) is 0 Å². The van der Waals surface area contributed by atoms with Gasteiger partial charge >= 0.3 is 6.98 Å². The second-order valence-electron chi connectivity index (χ2n) is 12.4. The summed E-state index contributed by atoms with van der Waals surface area (Å²) in [4.78, 5) is 7.61. The molecule has 2 aliphatic rings. The summed E-state index contributed by atoms with van der Waals surface area (Å²) in [5.41, 5.74) is 8.29. The normalized spacial score (nSPS) is 16.1. The molecule has 210 valence electrons. The lowest BCUT2D eigenvalue weighted by Gasteiger charge is -2.45. The van der Waals surface area contributed by atoms with E-state index in [-0.39, 0.29) is 18.1 Å². The third-order valence-corrected chi connectivity index (χ3v) is 9.42. The summed E-state index contributed by atoms with van der Waals surface area (Å²) >= 11 is 0. The summed E-state index contributed by atoms with van der Waals surface area (Å²) in [6, 6.07) is 39.4. The highest BCUT2D eigenvalue weighted by molar-refractivity contribution is 6.77. The molecule has 0 unspecified atom stereocenters. The number of hydrogen-bond donors (Lipinski definition) is 1. The zero-order valence-corrected chi connectivity index (χ0v) is 24.7. The van der Waals surface area contributed by atoms with E-state index < -0.39 is 0 Å². The summed E-state index contributed by atoms with van der Waals surface area (Å²) in [7, 11) is 0. The molecule has 2 aliphatic heterocycles. The number of aromatic nitrogens is 3. The molecule has 0 saturated carbocycles. The average Bonchev–Trinajstić information content (AvgIpc) is 3.50. The van der Waals surface area contributed by atoms with Gasteiger partial charge in [0.05, 0.1) is 16.8 Å². The number of hydrogen-bond acceptors (Lipinski definition) is 5. The number of nitrogens with zero attached hydrogens (tertiary/aromatic N) is 4. The zero-order valence-electron chi connectivity index (χ0n) is 24.7. The maximum absolute atomic E-state index is 6.45. The molecule has 0 radical (unpaired) electrons. The number of benzene rings is 4. The van der Waals surface area contributed by atoms with Gasteiger partial charge in [-0.05, 0) is 58.0 Å². The smallest absolute Gasteiger partial charge is 0.397 e. The quantitative estimate of drug-likeness (QED) is 0.230. The van der Waals surface area contributed by atoms with Crippen LogP contribution in [0.2, 0.25) is 0 Å². The highest BCUT2D eigenvalue weighted by atomic mass is 16.5. The lowest BCUT2D eigenvalue weighted by molar-refractivity contribution is 0.318. The van der Waals surface area contributed by atoms with E-state index in [2.05, 4.69) is 104 Å². The van der Waals surface area contributed by atoms with Crippen LogP contribution in [-0.2, 0) is 0 Å². The number of ether oxygens (including phenoxy) is 1. The maximum Gasteiger partial charge on any atom is 0.397 e. The molecular weight excluding hydrogens is 529 g/mol. The third kappa shape index (κ3) is 3.92. The van der Waals surface area contributed by atoms with E-state index in [0.29, 0.717) is 11.6 Å². The molecule has 2 aromatic heterocycles. The van der Waals surface area contributed by atoms with E-state index in [1.165, 1.54) is 11.3 Å². The first kappa shape index (κ1) is 25.8. The molecule has 6 nitrogen and oxygen atoms in total. The van der Waals surface area contributed by atoms with Crippen molar-refractivity contribution in [1.29, 1.82) is 0 Å². The molecule has 8 rings (SSSR count). The van der Waals surface area contributed by atoms with Crippen molar-refractivity contribution >= 4 is 29.2 Å². The first-order valence-electron chi connectivity index (χ1n) is 14.8. The highest BCUT2D eigenvalue weighted by Gasteiger charge is 2.57. The van der Waals surface area contributed by atoms with Gasteiger partial charge in [-0.25, -0.2) is 9.67 Å². The second kappa shape index (κ2) is 9.31. The van der Waals surface area contributed by atoms with Gasteiger partial charge in [-0.1, -0.05) is 72.8 Å². The van der Waals surface area contributed by atoms with Gasteiger partial charge in [-0.15, -0.1) is 0 Å². The lowest BCUT2D eigenvalue weighted by Crippen LogP contribution is -2.59. The Morgan fingerprint density at radius 2 is 1.51 bits per heavy atom. The van der Waals surface area contributed by atoms with Crippen molar-refractivity contribution in [2.45, 2.75) is 38.8 Å². The van der Waals surface area contributed by atoms with Gasteiger partial charge in [0.1, 0.15) is 11.4 Å². The SMILES string of the molecule is CC1(C)NB2c3nc(Oc4cccc(-n5nc(-c6ccccc6)c6ccccc65)c4)ccc3-c3ccccc3N2C1(C)C. The van der Waals surface area contributed by atoms with Crippen LogP contribution in [0.25, 0.3) is 39.0 Å². The molecule has 0 aliphatic carbocycles. The first-order chi connectivity index (χ1) is 20.8. The Balaban J connectivity index is 1.18. The van der Waals surface area contributed by atoms with Gasteiger partial charge in [0.2, 0.25) is 5.88 Å².